The quantitative estimate of drug-likeness (QED) is 0.168. The predicted molar refractivity (Wildman–Crippen MR) is 144 cm³/mol. The SMILES string of the molecule is CN(C)c1ccc(N=Nc2ccc(S(=O)(=O)O)cc2)cc1.Cc1ccc(Cn2nc(C)[n+](N)c2C)cc1. The largest absolute Gasteiger partial charge is 0.378 e. The summed E-state index contributed by atoms with van der Waals surface area (Å²) in [6.45, 7) is 6.71. The summed E-state index contributed by atoms with van der Waals surface area (Å²) in [6, 6.07) is 21.5. The molecule has 4 rings (SSSR count). The van der Waals surface area contributed by atoms with E-state index in [1.165, 1.54) is 35.4 Å². The third kappa shape index (κ3) is 7.69. The average Bonchev–Trinajstić information content (AvgIpc) is 3.11. The first-order chi connectivity index (χ1) is 17.4. The molecule has 0 aliphatic rings. The molecular formula is C26H32N7O3S+. The van der Waals surface area contributed by atoms with E-state index in [1.54, 1.807) is 4.68 Å². The maximum atomic E-state index is 10.9. The molecule has 0 amide bonds. The maximum absolute atomic E-state index is 10.9. The van der Waals surface area contributed by atoms with Gasteiger partial charge in [-0.1, -0.05) is 29.8 Å². The van der Waals surface area contributed by atoms with Gasteiger partial charge in [-0.3, -0.25) is 10.4 Å². The van der Waals surface area contributed by atoms with Crippen molar-refractivity contribution in [3.05, 3.63) is 95.6 Å². The Labute approximate surface area is 217 Å². The van der Waals surface area contributed by atoms with Crippen molar-refractivity contribution in [2.75, 3.05) is 24.8 Å². The molecule has 4 aromatic rings. The lowest BCUT2D eigenvalue weighted by Crippen LogP contribution is -2.48. The Kier molecular flexibility index (Phi) is 8.74. The summed E-state index contributed by atoms with van der Waals surface area (Å²) in [5.41, 5.74) is 4.76. The number of nitrogens with two attached hydrogens (primary N) is 1. The van der Waals surface area contributed by atoms with Crippen molar-refractivity contribution >= 4 is 27.2 Å². The summed E-state index contributed by atoms with van der Waals surface area (Å²) in [5, 5.41) is 12.5. The molecule has 0 unspecified atom stereocenters. The topological polar surface area (TPSA) is 130 Å². The first kappa shape index (κ1) is 27.5. The zero-order valence-electron chi connectivity index (χ0n) is 21.6. The first-order valence-corrected chi connectivity index (χ1v) is 12.9. The van der Waals surface area contributed by atoms with E-state index < -0.39 is 10.1 Å². The van der Waals surface area contributed by atoms with Crippen molar-refractivity contribution in [1.82, 2.24) is 9.78 Å². The molecule has 1 aromatic heterocycles. The Morgan fingerprint density at radius 2 is 1.41 bits per heavy atom. The van der Waals surface area contributed by atoms with Crippen molar-refractivity contribution in [2.24, 2.45) is 10.2 Å². The van der Waals surface area contributed by atoms with Crippen molar-refractivity contribution in [2.45, 2.75) is 32.2 Å². The Balaban J connectivity index is 0.000000213. The number of aromatic nitrogens is 3. The van der Waals surface area contributed by atoms with Gasteiger partial charge in [0.15, 0.2) is 0 Å². The Morgan fingerprint density at radius 1 is 0.892 bits per heavy atom. The average molecular weight is 523 g/mol. The van der Waals surface area contributed by atoms with Crippen LogP contribution in [0.4, 0.5) is 17.1 Å². The molecule has 0 spiro atoms. The number of nitrogen functional groups attached to an aromatic ring is 1. The summed E-state index contributed by atoms with van der Waals surface area (Å²) < 4.78 is 34.2. The number of rotatable bonds is 6. The smallest absolute Gasteiger partial charge is 0.295 e. The van der Waals surface area contributed by atoms with Gasteiger partial charge in [-0.05, 0) is 61.0 Å². The first-order valence-electron chi connectivity index (χ1n) is 11.5. The highest BCUT2D eigenvalue weighted by atomic mass is 32.2. The van der Waals surface area contributed by atoms with Gasteiger partial charge >= 0.3 is 0 Å². The van der Waals surface area contributed by atoms with E-state index in [9.17, 15) is 8.42 Å². The van der Waals surface area contributed by atoms with Crippen molar-refractivity contribution in [3.63, 3.8) is 0 Å². The van der Waals surface area contributed by atoms with Gasteiger partial charge in [0.05, 0.1) is 16.3 Å². The van der Waals surface area contributed by atoms with Crippen LogP contribution >= 0.6 is 0 Å². The molecule has 0 aliphatic carbocycles. The summed E-state index contributed by atoms with van der Waals surface area (Å²) in [4.78, 5) is 1.81. The van der Waals surface area contributed by atoms with E-state index >= 15 is 0 Å². The lowest BCUT2D eigenvalue weighted by Gasteiger charge is -2.11. The third-order valence-corrected chi connectivity index (χ3v) is 6.44. The standard InChI is InChI=1S/C14H15N3O3S.C12H17N4/c1-17(2)13-7-3-11(4-8-13)15-16-12-5-9-14(10-6-12)21(18,19)20;1-9-4-6-12(7-5-9)8-15-11(3)16(13)10(2)14-15/h3-10H,1-2H3,(H,18,19,20);4-7H,8,13H2,1-3H3/q;+1. The number of hydrogen-bond donors (Lipinski definition) is 2. The number of aryl methyl sites for hydroxylation is 2. The van der Waals surface area contributed by atoms with Crippen molar-refractivity contribution in [1.29, 1.82) is 0 Å². The lowest BCUT2D eigenvalue weighted by molar-refractivity contribution is -0.652. The van der Waals surface area contributed by atoms with Crippen LogP contribution in [0, 0.1) is 20.8 Å². The van der Waals surface area contributed by atoms with E-state index in [1.807, 2.05) is 61.8 Å². The molecule has 3 N–H and O–H groups in total. The molecule has 10 nitrogen and oxygen atoms in total. The van der Waals surface area contributed by atoms with Crippen LogP contribution in [0.5, 0.6) is 0 Å². The molecule has 0 atom stereocenters. The lowest BCUT2D eigenvalue weighted by atomic mass is 10.1. The van der Waals surface area contributed by atoms with Gasteiger partial charge in [-0.2, -0.15) is 18.6 Å². The predicted octanol–water partition coefficient (Wildman–Crippen LogP) is 4.27. The summed E-state index contributed by atoms with van der Waals surface area (Å²) in [7, 11) is -0.273. The number of hydrogen-bond acceptors (Lipinski definition) is 7. The van der Waals surface area contributed by atoms with E-state index in [0.717, 1.165) is 23.9 Å². The molecule has 0 radical (unpaired) electrons. The number of benzene rings is 3. The molecule has 11 heteroatoms. The summed E-state index contributed by atoms with van der Waals surface area (Å²) in [5.74, 6) is 7.59. The van der Waals surface area contributed by atoms with Crippen LogP contribution in [0.1, 0.15) is 22.8 Å². The molecule has 1 heterocycles. The van der Waals surface area contributed by atoms with Crippen molar-refractivity contribution in [3.8, 4) is 0 Å². The Hall–Kier alpha value is -4.09. The normalized spacial score (nSPS) is 11.3. The van der Waals surface area contributed by atoms with Crippen LogP contribution in [-0.4, -0.2) is 36.8 Å². The van der Waals surface area contributed by atoms with Gasteiger partial charge in [-0.25, -0.2) is 0 Å². The molecule has 37 heavy (non-hydrogen) atoms. The fourth-order valence-electron chi connectivity index (χ4n) is 3.29. The van der Waals surface area contributed by atoms with Crippen LogP contribution < -0.4 is 15.4 Å². The van der Waals surface area contributed by atoms with Gasteiger partial charge in [0, 0.05) is 38.7 Å². The highest BCUT2D eigenvalue weighted by molar-refractivity contribution is 7.85. The third-order valence-electron chi connectivity index (χ3n) is 5.57. The zero-order chi connectivity index (χ0) is 27.2. The number of azo groups is 1. The zero-order valence-corrected chi connectivity index (χ0v) is 22.4. The minimum absolute atomic E-state index is 0.170. The summed E-state index contributed by atoms with van der Waals surface area (Å²) >= 11 is 0. The summed E-state index contributed by atoms with van der Waals surface area (Å²) in [6.07, 6.45) is 0. The monoisotopic (exact) mass is 522 g/mol. The minimum atomic E-state index is -4.18. The van der Waals surface area contributed by atoms with E-state index in [2.05, 4.69) is 46.5 Å². The van der Waals surface area contributed by atoms with Crippen LogP contribution in [0.15, 0.2) is 87.9 Å². The molecule has 0 fully saturated rings. The molecule has 0 saturated carbocycles. The molecule has 0 aliphatic heterocycles. The van der Waals surface area contributed by atoms with E-state index in [0.29, 0.717) is 11.4 Å². The fourth-order valence-corrected chi connectivity index (χ4v) is 3.77. The van der Waals surface area contributed by atoms with Crippen LogP contribution in [0.2, 0.25) is 0 Å². The van der Waals surface area contributed by atoms with Crippen LogP contribution in [-0.2, 0) is 16.7 Å². The fraction of sp³-hybridized carbons (Fsp3) is 0.231. The second kappa shape index (κ2) is 11.8. The highest BCUT2D eigenvalue weighted by Gasteiger charge is 2.17. The van der Waals surface area contributed by atoms with E-state index in [-0.39, 0.29) is 4.90 Å². The minimum Gasteiger partial charge on any atom is -0.378 e. The Morgan fingerprint density at radius 3 is 1.84 bits per heavy atom. The van der Waals surface area contributed by atoms with Gasteiger partial charge in [0.1, 0.15) is 6.54 Å². The van der Waals surface area contributed by atoms with Gasteiger partial charge in [0.2, 0.25) is 0 Å². The van der Waals surface area contributed by atoms with Gasteiger partial charge in [0.25, 0.3) is 21.8 Å². The Bertz CT molecular complexity index is 1460. The van der Waals surface area contributed by atoms with Crippen molar-refractivity contribution < 1.29 is 17.6 Å². The van der Waals surface area contributed by atoms with E-state index in [4.69, 9.17) is 10.4 Å². The van der Waals surface area contributed by atoms with Crippen LogP contribution in [0.25, 0.3) is 0 Å². The molecule has 0 bridgehead atoms. The number of anilines is 1. The number of nitrogens with zero attached hydrogens (tertiary/aromatic N) is 6. The molecule has 0 saturated heterocycles. The molecule has 194 valence electrons. The molecular weight excluding hydrogens is 490 g/mol. The van der Waals surface area contributed by atoms with Crippen LogP contribution in [0.3, 0.4) is 0 Å². The highest BCUT2D eigenvalue weighted by Crippen LogP contribution is 2.22. The van der Waals surface area contributed by atoms with Gasteiger partial charge < -0.3 is 4.90 Å². The second-order valence-electron chi connectivity index (χ2n) is 8.69. The van der Waals surface area contributed by atoms with Gasteiger partial charge in [-0.15, -0.1) is 9.36 Å². The maximum Gasteiger partial charge on any atom is 0.295 e. The molecule has 3 aromatic carbocycles. The second-order valence-corrected chi connectivity index (χ2v) is 10.1.